The predicted octanol–water partition coefficient (Wildman–Crippen LogP) is 2.56. The van der Waals surface area contributed by atoms with Crippen molar-refractivity contribution >= 4 is 17.5 Å². The average Bonchev–Trinajstić information content (AvgIpc) is 2.44. The summed E-state index contributed by atoms with van der Waals surface area (Å²) in [5, 5.41) is 3.06. The zero-order chi connectivity index (χ0) is 10.8. The Morgan fingerprint density at radius 3 is 2.71 bits per heavy atom. The lowest BCUT2D eigenvalue weighted by Gasteiger charge is -2.19. The Labute approximate surface area is 91.4 Å². The van der Waals surface area contributed by atoms with Crippen LogP contribution in [0.3, 0.4) is 0 Å². The normalized spacial score (nSPS) is 27.3. The molecular weight excluding hydrogens is 198 g/mol. The largest absolute Gasteiger partial charge is 0.353 e. The maximum absolute atomic E-state index is 11.5. The minimum Gasteiger partial charge on any atom is -0.353 e. The molecule has 0 bridgehead atoms. The fourth-order valence-corrected chi connectivity index (χ4v) is 2.11. The fourth-order valence-electron chi connectivity index (χ4n) is 1.97. The van der Waals surface area contributed by atoms with E-state index in [1.807, 2.05) is 6.92 Å². The van der Waals surface area contributed by atoms with Crippen LogP contribution in [0.15, 0.2) is 0 Å². The molecule has 0 spiro atoms. The van der Waals surface area contributed by atoms with Crippen LogP contribution in [-0.4, -0.2) is 17.8 Å². The zero-order valence-electron chi connectivity index (χ0n) is 9.27. The maximum Gasteiger partial charge on any atom is 0.224 e. The smallest absolute Gasteiger partial charge is 0.224 e. The van der Waals surface area contributed by atoms with Crippen LogP contribution in [0.4, 0.5) is 0 Å². The number of alkyl halides is 1. The van der Waals surface area contributed by atoms with Crippen molar-refractivity contribution in [2.45, 2.75) is 46.1 Å². The standard InChI is InChI=1S/C11H20ClNO/c1-8(7-12)10(14)13-9-4-5-11(2,3)6-9/h8-9H,4-7H2,1-3H3,(H,13,14). The van der Waals surface area contributed by atoms with Crippen molar-refractivity contribution in [2.75, 3.05) is 5.88 Å². The van der Waals surface area contributed by atoms with Gasteiger partial charge in [0.15, 0.2) is 0 Å². The van der Waals surface area contributed by atoms with E-state index in [1.165, 1.54) is 6.42 Å². The minimum atomic E-state index is -0.0691. The molecule has 14 heavy (non-hydrogen) atoms. The number of nitrogens with one attached hydrogen (secondary N) is 1. The topological polar surface area (TPSA) is 29.1 Å². The highest BCUT2D eigenvalue weighted by atomic mass is 35.5. The van der Waals surface area contributed by atoms with Gasteiger partial charge >= 0.3 is 0 Å². The molecule has 82 valence electrons. The first kappa shape index (κ1) is 11.8. The lowest BCUT2D eigenvalue weighted by atomic mass is 9.92. The van der Waals surface area contributed by atoms with E-state index in [1.54, 1.807) is 0 Å². The van der Waals surface area contributed by atoms with Gasteiger partial charge in [0.05, 0.1) is 0 Å². The molecule has 1 aliphatic carbocycles. The van der Waals surface area contributed by atoms with Gasteiger partial charge in [-0.05, 0) is 24.7 Å². The third kappa shape index (κ3) is 3.16. The summed E-state index contributed by atoms with van der Waals surface area (Å²) >= 11 is 5.63. The number of halogens is 1. The first-order chi connectivity index (χ1) is 6.44. The van der Waals surface area contributed by atoms with Crippen molar-refractivity contribution in [3.8, 4) is 0 Å². The lowest BCUT2D eigenvalue weighted by Crippen LogP contribution is -2.37. The summed E-state index contributed by atoms with van der Waals surface area (Å²) in [4.78, 5) is 11.5. The molecular formula is C11H20ClNO. The van der Waals surface area contributed by atoms with Crippen LogP contribution in [0.5, 0.6) is 0 Å². The van der Waals surface area contributed by atoms with E-state index in [0.717, 1.165) is 12.8 Å². The third-order valence-electron chi connectivity index (χ3n) is 2.99. The zero-order valence-corrected chi connectivity index (χ0v) is 10.0. The summed E-state index contributed by atoms with van der Waals surface area (Å²) in [6, 6.07) is 0.364. The molecule has 3 heteroatoms. The van der Waals surface area contributed by atoms with Crippen LogP contribution >= 0.6 is 11.6 Å². The molecule has 0 heterocycles. The van der Waals surface area contributed by atoms with Crippen molar-refractivity contribution in [3.05, 3.63) is 0 Å². The summed E-state index contributed by atoms with van der Waals surface area (Å²) in [7, 11) is 0. The average molecular weight is 218 g/mol. The van der Waals surface area contributed by atoms with E-state index in [0.29, 0.717) is 17.3 Å². The second-order valence-corrected chi connectivity index (χ2v) is 5.48. The summed E-state index contributed by atoms with van der Waals surface area (Å²) in [6.07, 6.45) is 3.40. The van der Waals surface area contributed by atoms with Crippen LogP contribution in [-0.2, 0) is 4.79 Å². The van der Waals surface area contributed by atoms with Gasteiger partial charge in [-0.3, -0.25) is 4.79 Å². The molecule has 1 amide bonds. The fraction of sp³-hybridized carbons (Fsp3) is 0.909. The van der Waals surface area contributed by atoms with Crippen molar-refractivity contribution in [1.82, 2.24) is 5.32 Å². The van der Waals surface area contributed by atoms with Crippen LogP contribution in [0.1, 0.15) is 40.0 Å². The second-order valence-electron chi connectivity index (χ2n) is 5.17. The first-order valence-corrected chi connectivity index (χ1v) is 5.84. The van der Waals surface area contributed by atoms with E-state index < -0.39 is 0 Å². The highest BCUT2D eigenvalue weighted by Crippen LogP contribution is 2.36. The number of hydrogen-bond acceptors (Lipinski definition) is 1. The maximum atomic E-state index is 11.5. The quantitative estimate of drug-likeness (QED) is 0.724. The molecule has 0 aromatic carbocycles. The van der Waals surface area contributed by atoms with Gasteiger partial charge in [0.2, 0.25) is 5.91 Å². The van der Waals surface area contributed by atoms with E-state index in [9.17, 15) is 4.79 Å². The SMILES string of the molecule is CC(CCl)C(=O)NC1CCC(C)(C)C1. The first-order valence-electron chi connectivity index (χ1n) is 5.31. The number of carbonyl (C=O) groups excluding carboxylic acids is 1. The summed E-state index contributed by atoms with van der Waals surface area (Å²) < 4.78 is 0. The van der Waals surface area contributed by atoms with Crippen LogP contribution in [0, 0.1) is 11.3 Å². The highest BCUT2D eigenvalue weighted by molar-refractivity contribution is 6.19. The number of carbonyl (C=O) groups is 1. The van der Waals surface area contributed by atoms with Crippen molar-refractivity contribution in [2.24, 2.45) is 11.3 Å². The van der Waals surface area contributed by atoms with Gasteiger partial charge in [0.1, 0.15) is 0 Å². The Morgan fingerprint density at radius 1 is 1.64 bits per heavy atom. The summed E-state index contributed by atoms with van der Waals surface area (Å²) in [6.45, 7) is 6.37. The Kier molecular flexibility index (Phi) is 3.82. The molecule has 1 N–H and O–H groups in total. The minimum absolute atomic E-state index is 0.0691. The Hall–Kier alpha value is -0.240. The molecule has 2 nitrogen and oxygen atoms in total. The van der Waals surface area contributed by atoms with Crippen LogP contribution in [0.25, 0.3) is 0 Å². The molecule has 0 aliphatic heterocycles. The molecule has 1 aliphatic rings. The monoisotopic (exact) mass is 217 g/mol. The predicted molar refractivity (Wildman–Crippen MR) is 59.4 cm³/mol. The van der Waals surface area contributed by atoms with Gasteiger partial charge in [-0.2, -0.15) is 0 Å². The molecule has 1 fully saturated rings. The highest BCUT2D eigenvalue weighted by Gasteiger charge is 2.32. The van der Waals surface area contributed by atoms with Crippen molar-refractivity contribution in [3.63, 3.8) is 0 Å². The molecule has 1 saturated carbocycles. The van der Waals surface area contributed by atoms with Gasteiger partial charge < -0.3 is 5.32 Å². The lowest BCUT2D eigenvalue weighted by molar-refractivity contribution is -0.124. The molecule has 2 unspecified atom stereocenters. The Bertz CT molecular complexity index is 215. The Morgan fingerprint density at radius 2 is 2.29 bits per heavy atom. The van der Waals surface area contributed by atoms with Gasteiger partial charge in [-0.1, -0.05) is 20.8 Å². The summed E-state index contributed by atoms with van der Waals surface area (Å²) in [5.74, 6) is 0.435. The number of rotatable bonds is 3. The molecule has 2 atom stereocenters. The Balaban J connectivity index is 2.36. The van der Waals surface area contributed by atoms with Crippen LogP contribution in [0.2, 0.25) is 0 Å². The van der Waals surface area contributed by atoms with Gasteiger partial charge in [0.25, 0.3) is 0 Å². The molecule has 0 saturated heterocycles. The molecule has 0 radical (unpaired) electrons. The summed E-state index contributed by atoms with van der Waals surface area (Å²) in [5.41, 5.74) is 0.391. The van der Waals surface area contributed by atoms with E-state index in [-0.39, 0.29) is 11.8 Å². The molecule has 0 aromatic rings. The van der Waals surface area contributed by atoms with Crippen molar-refractivity contribution < 1.29 is 4.79 Å². The van der Waals surface area contributed by atoms with Gasteiger partial charge in [-0.15, -0.1) is 11.6 Å². The van der Waals surface area contributed by atoms with Gasteiger partial charge in [0, 0.05) is 17.8 Å². The second kappa shape index (κ2) is 4.52. The van der Waals surface area contributed by atoms with Crippen molar-refractivity contribution in [1.29, 1.82) is 0 Å². The number of amides is 1. The van der Waals surface area contributed by atoms with Gasteiger partial charge in [-0.25, -0.2) is 0 Å². The van der Waals surface area contributed by atoms with E-state index >= 15 is 0 Å². The van der Waals surface area contributed by atoms with E-state index in [4.69, 9.17) is 11.6 Å². The van der Waals surface area contributed by atoms with E-state index in [2.05, 4.69) is 19.2 Å². The van der Waals surface area contributed by atoms with Crippen LogP contribution < -0.4 is 5.32 Å². The molecule has 0 aromatic heterocycles. The molecule has 1 rings (SSSR count). The third-order valence-corrected chi connectivity index (χ3v) is 3.46. The number of hydrogen-bond donors (Lipinski definition) is 1.